The molecule has 1 amide bonds. The molecule has 1 aliphatic carbocycles. The van der Waals surface area contributed by atoms with Crippen LogP contribution < -0.4 is 15.0 Å². The van der Waals surface area contributed by atoms with Gasteiger partial charge >= 0.3 is 6.61 Å². The number of alkyl halides is 2. The quantitative estimate of drug-likeness (QED) is 0.811. The molecule has 2 atom stereocenters. The summed E-state index contributed by atoms with van der Waals surface area (Å²) in [5.41, 5.74) is 2.02. The van der Waals surface area contributed by atoms with E-state index in [9.17, 15) is 13.6 Å². The first-order valence-corrected chi connectivity index (χ1v) is 9.73. The topological polar surface area (TPSA) is 42.8 Å². The normalized spacial score (nSPS) is 22.1. The lowest BCUT2D eigenvalue weighted by Gasteiger charge is -2.32. The van der Waals surface area contributed by atoms with Gasteiger partial charge in [-0.2, -0.15) is 8.78 Å². The van der Waals surface area contributed by atoms with Gasteiger partial charge in [0.25, 0.3) is 5.91 Å². The lowest BCUT2D eigenvalue weighted by atomic mass is 9.96. The molecule has 1 aliphatic heterocycles. The van der Waals surface area contributed by atoms with E-state index in [1.807, 2.05) is 11.3 Å². The molecule has 0 bridgehead atoms. The van der Waals surface area contributed by atoms with Gasteiger partial charge in [0.1, 0.15) is 11.8 Å². The smallest absolute Gasteiger partial charge is 0.387 e. The van der Waals surface area contributed by atoms with Crippen molar-refractivity contribution in [3.8, 4) is 5.75 Å². The number of carbonyl (C=O) groups is 1. The molecular formula is C19H21F2N2O2S+. The number of hydrogen-bond donors (Lipinski definition) is 2. The minimum Gasteiger partial charge on any atom is -0.435 e. The number of rotatable bonds is 6. The average molecular weight is 379 g/mol. The Kier molecular flexibility index (Phi) is 4.91. The lowest BCUT2D eigenvalue weighted by Crippen LogP contribution is -3.14. The fourth-order valence-corrected chi connectivity index (χ4v) is 4.76. The van der Waals surface area contributed by atoms with Crippen LogP contribution >= 0.6 is 11.3 Å². The maximum absolute atomic E-state index is 12.5. The molecule has 1 unspecified atom stereocenters. The van der Waals surface area contributed by atoms with Crippen LogP contribution in [0, 0.1) is 5.92 Å². The Bertz CT molecular complexity index is 774. The Morgan fingerprint density at radius 3 is 2.73 bits per heavy atom. The zero-order chi connectivity index (χ0) is 18.1. The fourth-order valence-electron chi connectivity index (χ4n) is 3.83. The average Bonchev–Trinajstić information content (AvgIpc) is 3.32. The van der Waals surface area contributed by atoms with Crippen LogP contribution in [0.1, 0.15) is 29.3 Å². The molecule has 138 valence electrons. The summed E-state index contributed by atoms with van der Waals surface area (Å²) >= 11 is 1.82. The Labute approximate surface area is 154 Å². The highest BCUT2D eigenvalue weighted by Crippen LogP contribution is 2.42. The molecule has 2 N–H and O–H groups in total. The summed E-state index contributed by atoms with van der Waals surface area (Å²) in [5.74, 6) is 0.725. The predicted octanol–water partition coefficient (Wildman–Crippen LogP) is 2.88. The molecule has 0 spiro atoms. The van der Waals surface area contributed by atoms with Gasteiger partial charge in [-0.25, -0.2) is 0 Å². The molecule has 1 aromatic heterocycles. The van der Waals surface area contributed by atoms with Crippen molar-refractivity contribution in [1.29, 1.82) is 0 Å². The number of carbonyl (C=O) groups excluding carboxylic acids is 1. The lowest BCUT2D eigenvalue weighted by molar-refractivity contribution is -0.928. The largest absolute Gasteiger partial charge is 0.435 e. The van der Waals surface area contributed by atoms with Crippen molar-refractivity contribution in [3.05, 3.63) is 46.2 Å². The summed E-state index contributed by atoms with van der Waals surface area (Å²) in [6.07, 6.45) is 3.52. The Hall–Kier alpha value is -1.99. The molecule has 0 radical (unpaired) electrons. The van der Waals surface area contributed by atoms with Gasteiger partial charge in [-0.3, -0.25) is 4.79 Å². The highest BCUT2D eigenvalue weighted by Gasteiger charge is 2.43. The molecule has 2 heterocycles. The van der Waals surface area contributed by atoms with Gasteiger partial charge < -0.3 is 15.0 Å². The summed E-state index contributed by atoms with van der Waals surface area (Å²) in [5, 5.41) is 5.03. The van der Waals surface area contributed by atoms with E-state index < -0.39 is 6.61 Å². The number of hydrogen-bond acceptors (Lipinski definition) is 3. The second-order valence-corrected chi connectivity index (χ2v) is 7.90. The number of fused-ring (bicyclic) bond motifs is 1. The van der Waals surface area contributed by atoms with Crippen molar-refractivity contribution < 1.29 is 23.2 Å². The minimum atomic E-state index is -2.85. The van der Waals surface area contributed by atoms with Crippen molar-refractivity contribution in [1.82, 2.24) is 0 Å². The zero-order valence-electron chi connectivity index (χ0n) is 14.2. The van der Waals surface area contributed by atoms with Crippen LogP contribution in [0.25, 0.3) is 0 Å². The molecular weight excluding hydrogens is 358 g/mol. The first-order chi connectivity index (χ1) is 12.6. The van der Waals surface area contributed by atoms with Gasteiger partial charge in [0.2, 0.25) is 0 Å². The van der Waals surface area contributed by atoms with Crippen molar-refractivity contribution >= 4 is 22.9 Å². The highest BCUT2D eigenvalue weighted by molar-refractivity contribution is 7.10. The van der Waals surface area contributed by atoms with Crippen molar-refractivity contribution in [2.24, 2.45) is 5.92 Å². The van der Waals surface area contributed by atoms with Crippen molar-refractivity contribution in [2.75, 3.05) is 18.4 Å². The second-order valence-electron chi connectivity index (χ2n) is 6.90. The molecule has 1 saturated carbocycles. The molecule has 1 aromatic carbocycles. The first kappa shape index (κ1) is 17.4. The molecule has 26 heavy (non-hydrogen) atoms. The van der Waals surface area contributed by atoms with Gasteiger partial charge in [0.05, 0.1) is 6.54 Å². The van der Waals surface area contributed by atoms with Crippen molar-refractivity contribution in [2.45, 2.75) is 31.9 Å². The zero-order valence-corrected chi connectivity index (χ0v) is 15.0. The van der Waals surface area contributed by atoms with E-state index in [0.29, 0.717) is 24.2 Å². The number of ether oxygens (including phenoxy) is 1. The van der Waals surface area contributed by atoms with Gasteiger partial charge in [-0.1, -0.05) is 0 Å². The predicted molar refractivity (Wildman–Crippen MR) is 95.9 cm³/mol. The van der Waals surface area contributed by atoms with E-state index in [1.54, 1.807) is 12.1 Å². The second kappa shape index (κ2) is 7.32. The number of halogens is 2. The molecule has 2 aliphatic rings. The van der Waals surface area contributed by atoms with Gasteiger partial charge in [-0.05, 0) is 48.6 Å². The maximum Gasteiger partial charge on any atom is 0.387 e. The van der Waals surface area contributed by atoms with Gasteiger partial charge in [0.15, 0.2) is 6.54 Å². The summed E-state index contributed by atoms with van der Waals surface area (Å²) in [6, 6.07) is 8.67. The monoisotopic (exact) mass is 379 g/mol. The van der Waals surface area contributed by atoms with E-state index in [2.05, 4.69) is 21.5 Å². The Morgan fingerprint density at radius 2 is 2.04 bits per heavy atom. The first-order valence-electron chi connectivity index (χ1n) is 8.85. The third-order valence-corrected chi connectivity index (χ3v) is 6.07. The van der Waals surface area contributed by atoms with E-state index in [-0.39, 0.29) is 11.7 Å². The molecule has 1 fully saturated rings. The van der Waals surface area contributed by atoms with Gasteiger partial charge in [-0.15, -0.1) is 11.3 Å². The Balaban J connectivity index is 1.38. The highest BCUT2D eigenvalue weighted by atomic mass is 32.1. The number of quaternary nitrogens is 1. The van der Waals surface area contributed by atoms with E-state index >= 15 is 0 Å². The SMILES string of the molecule is O=C(C[NH+]1CCc2sccc2[C@@H]1C1CC1)Nc1ccc(OC(F)F)cc1. The van der Waals surface area contributed by atoms with Crippen LogP contribution in [0.15, 0.2) is 35.7 Å². The summed E-state index contributed by atoms with van der Waals surface area (Å²) < 4.78 is 28.7. The molecule has 0 saturated heterocycles. The number of anilines is 1. The van der Waals surface area contributed by atoms with Crippen LogP contribution in [0.3, 0.4) is 0 Å². The molecule has 4 nitrogen and oxygen atoms in total. The third kappa shape index (κ3) is 3.88. The van der Waals surface area contributed by atoms with Crippen LogP contribution in [0.4, 0.5) is 14.5 Å². The van der Waals surface area contributed by atoms with Crippen LogP contribution in [-0.4, -0.2) is 25.6 Å². The number of amides is 1. The maximum atomic E-state index is 12.5. The third-order valence-electron chi connectivity index (χ3n) is 5.07. The van der Waals surface area contributed by atoms with E-state index in [1.165, 1.54) is 40.3 Å². The minimum absolute atomic E-state index is 0.0492. The van der Waals surface area contributed by atoms with E-state index in [4.69, 9.17) is 0 Å². The van der Waals surface area contributed by atoms with E-state index in [0.717, 1.165) is 13.0 Å². The number of benzene rings is 1. The standard InChI is InChI=1S/C19H20F2N2O2S/c20-19(21)25-14-5-3-13(4-6-14)22-17(24)11-23-9-7-16-15(8-10-26-16)18(23)12-1-2-12/h3-6,8,10,12,18-19H,1-2,7,9,11H2,(H,22,24)/p+1/t18-/m0/s1. The molecule has 2 aromatic rings. The van der Waals surface area contributed by atoms with Crippen LogP contribution in [0.5, 0.6) is 5.75 Å². The summed E-state index contributed by atoms with van der Waals surface area (Å²) in [7, 11) is 0. The number of thiophene rings is 1. The fraction of sp³-hybridized carbons (Fsp3) is 0.421. The number of nitrogens with one attached hydrogen (secondary N) is 2. The molecule has 7 heteroatoms. The van der Waals surface area contributed by atoms with Gasteiger partial charge in [0, 0.05) is 28.5 Å². The summed E-state index contributed by atoms with van der Waals surface area (Å²) in [6.45, 7) is -1.45. The Morgan fingerprint density at radius 1 is 1.27 bits per heavy atom. The van der Waals surface area contributed by atoms with Crippen LogP contribution in [-0.2, 0) is 11.2 Å². The van der Waals surface area contributed by atoms with Crippen LogP contribution in [0.2, 0.25) is 0 Å². The summed E-state index contributed by atoms with van der Waals surface area (Å²) in [4.78, 5) is 15.3. The molecule has 4 rings (SSSR count). The van der Waals surface area contributed by atoms with Crippen molar-refractivity contribution in [3.63, 3.8) is 0 Å².